The van der Waals surface area contributed by atoms with Crippen LogP contribution in [0.2, 0.25) is 0 Å². The maximum Gasteiger partial charge on any atom is 0.167 e. The smallest absolute Gasteiger partial charge is 0.167 e. The molecule has 2 N–H and O–H groups in total. The van der Waals surface area contributed by atoms with Gasteiger partial charge in [0.15, 0.2) is 17.5 Å². The molecule has 0 atom stereocenters. The molecule has 254 valence electrons. The van der Waals surface area contributed by atoms with Gasteiger partial charge < -0.3 is 4.42 Å². The van der Waals surface area contributed by atoms with Gasteiger partial charge in [0.2, 0.25) is 0 Å². The zero-order chi connectivity index (χ0) is 36.0. The quantitative estimate of drug-likeness (QED) is 0.169. The Morgan fingerprint density at radius 1 is 0.519 bits per heavy atom. The Hall–Kier alpha value is -7.51. The first-order valence-electron chi connectivity index (χ1n) is 17.7. The zero-order valence-electron chi connectivity index (χ0n) is 28.9. The lowest BCUT2D eigenvalue weighted by atomic mass is 9.88. The summed E-state index contributed by atoms with van der Waals surface area (Å²) in [4.78, 5) is 15.4. The van der Waals surface area contributed by atoms with Crippen LogP contribution < -0.4 is 5.43 Å². The van der Waals surface area contributed by atoms with Crippen LogP contribution in [0.4, 0.5) is 5.69 Å². The Labute approximate surface area is 310 Å². The third kappa shape index (κ3) is 5.52. The minimum absolute atomic E-state index is 0.325. The highest BCUT2D eigenvalue weighted by Crippen LogP contribution is 2.37. The highest BCUT2D eigenvalue weighted by atomic mass is 16.3. The monoisotopic (exact) mass is 694 g/mol. The topological polar surface area (TPSA) is 100 Å². The van der Waals surface area contributed by atoms with E-state index in [0.29, 0.717) is 28.9 Å². The standard InChI is InChI=1S/C47H30N6O/c48-40-26-25-31-23-21-30-22-24-34(28-39(30)42(31)43(40)53-52-35-15-5-2-6-16-35)46-49-45(33-14-9-13-32(27-33)29-11-3-1-4-12-29)50-47(51-46)38-19-10-18-37-36-17-7-8-20-41(36)54-44(37)38/h1-28,48,52H/b48-40?,53-43+. The fourth-order valence-corrected chi connectivity index (χ4v) is 7.16. The van der Waals surface area contributed by atoms with E-state index < -0.39 is 0 Å². The Morgan fingerprint density at radius 2 is 1.19 bits per heavy atom. The van der Waals surface area contributed by atoms with Crippen LogP contribution in [0.1, 0.15) is 11.1 Å². The predicted octanol–water partition coefficient (Wildman–Crippen LogP) is 11.5. The average molecular weight is 695 g/mol. The lowest BCUT2D eigenvalue weighted by Gasteiger charge is -2.18. The number of nitrogens with zero attached hydrogens (tertiary/aromatic N) is 4. The van der Waals surface area contributed by atoms with Crippen molar-refractivity contribution in [1.29, 1.82) is 5.41 Å². The number of fused-ring (bicyclic) bond motifs is 6. The molecule has 0 saturated heterocycles. The summed E-state index contributed by atoms with van der Waals surface area (Å²) in [5.41, 5.74) is 12.9. The van der Waals surface area contributed by atoms with Crippen LogP contribution in [0.3, 0.4) is 0 Å². The van der Waals surface area contributed by atoms with Crippen LogP contribution in [-0.4, -0.2) is 26.4 Å². The first kappa shape index (κ1) is 31.2. The van der Waals surface area contributed by atoms with E-state index in [1.165, 1.54) is 0 Å². The van der Waals surface area contributed by atoms with Gasteiger partial charge in [-0.2, -0.15) is 5.10 Å². The molecule has 7 aromatic carbocycles. The summed E-state index contributed by atoms with van der Waals surface area (Å²) in [6.45, 7) is 0. The Kier molecular flexibility index (Phi) is 7.47. The van der Waals surface area contributed by atoms with Crippen molar-refractivity contribution in [3.63, 3.8) is 0 Å². The summed E-state index contributed by atoms with van der Waals surface area (Å²) in [5, 5.41) is 17.6. The maximum absolute atomic E-state index is 8.87. The van der Waals surface area contributed by atoms with Gasteiger partial charge in [0.1, 0.15) is 16.9 Å². The van der Waals surface area contributed by atoms with Crippen molar-refractivity contribution in [1.82, 2.24) is 15.0 Å². The van der Waals surface area contributed by atoms with E-state index >= 15 is 0 Å². The van der Waals surface area contributed by atoms with Crippen LogP contribution >= 0.6 is 0 Å². The molecule has 10 rings (SSSR count). The van der Waals surface area contributed by atoms with Gasteiger partial charge in [0.05, 0.1) is 17.0 Å². The third-order valence-electron chi connectivity index (χ3n) is 9.81. The number of hydrazone groups is 1. The van der Waals surface area contributed by atoms with E-state index in [-0.39, 0.29) is 0 Å². The van der Waals surface area contributed by atoms with Crippen LogP contribution in [0.25, 0.3) is 84.1 Å². The molecule has 1 aliphatic carbocycles. The number of anilines is 1. The summed E-state index contributed by atoms with van der Waals surface area (Å²) in [7, 11) is 0. The Bertz CT molecular complexity index is 2980. The summed E-state index contributed by atoms with van der Waals surface area (Å²) in [5.74, 6) is 1.59. The van der Waals surface area contributed by atoms with Gasteiger partial charge in [-0.1, -0.05) is 127 Å². The van der Waals surface area contributed by atoms with Gasteiger partial charge >= 0.3 is 0 Å². The van der Waals surface area contributed by atoms with Gasteiger partial charge in [-0.15, -0.1) is 0 Å². The molecule has 0 unspecified atom stereocenters. The van der Waals surface area contributed by atoms with Crippen molar-refractivity contribution in [2.45, 2.75) is 0 Å². The maximum atomic E-state index is 8.87. The van der Waals surface area contributed by atoms with E-state index in [1.807, 2.05) is 103 Å². The number of aromatic nitrogens is 3. The Morgan fingerprint density at radius 3 is 2.04 bits per heavy atom. The number of rotatable bonds is 6. The normalized spacial score (nSPS) is 13.2. The summed E-state index contributed by atoms with van der Waals surface area (Å²) >= 11 is 0. The lowest BCUT2D eigenvalue weighted by Crippen LogP contribution is -2.19. The molecule has 0 amide bonds. The van der Waals surface area contributed by atoms with Crippen LogP contribution in [0.15, 0.2) is 173 Å². The molecule has 0 bridgehead atoms. The number of para-hydroxylation sites is 3. The molecule has 7 nitrogen and oxygen atoms in total. The second-order valence-electron chi connectivity index (χ2n) is 13.2. The van der Waals surface area contributed by atoms with Crippen LogP contribution in [-0.2, 0) is 0 Å². The molecule has 9 aromatic rings. The second kappa shape index (κ2) is 12.9. The van der Waals surface area contributed by atoms with E-state index in [9.17, 15) is 0 Å². The van der Waals surface area contributed by atoms with Crippen molar-refractivity contribution >= 4 is 55.9 Å². The summed E-state index contributed by atoms with van der Waals surface area (Å²) in [6, 6.07) is 52.9. The van der Waals surface area contributed by atoms with Gasteiger partial charge in [-0.3, -0.25) is 10.8 Å². The molecule has 7 heteroatoms. The fraction of sp³-hybridized carbons (Fsp3) is 0. The van der Waals surface area contributed by atoms with E-state index in [4.69, 9.17) is 29.9 Å². The average Bonchev–Trinajstić information content (AvgIpc) is 3.63. The first-order valence-corrected chi connectivity index (χ1v) is 17.7. The number of hydrogen-bond donors (Lipinski definition) is 2. The van der Waals surface area contributed by atoms with E-state index in [2.05, 4.69) is 66.1 Å². The summed E-state index contributed by atoms with van der Waals surface area (Å²) < 4.78 is 6.46. The highest BCUT2D eigenvalue weighted by molar-refractivity contribution is 6.55. The molecule has 0 fully saturated rings. The molecule has 0 saturated carbocycles. The highest BCUT2D eigenvalue weighted by Gasteiger charge is 2.22. The molecule has 54 heavy (non-hydrogen) atoms. The molecule has 0 aliphatic heterocycles. The van der Waals surface area contributed by atoms with Crippen LogP contribution in [0, 0.1) is 5.41 Å². The van der Waals surface area contributed by atoms with Crippen molar-refractivity contribution in [3.8, 4) is 45.3 Å². The first-order chi connectivity index (χ1) is 26.7. The predicted molar refractivity (Wildman–Crippen MR) is 220 cm³/mol. The molecule has 1 aliphatic rings. The van der Waals surface area contributed by atoms with E-state index in [1.54, 1.807) is 6.08 Å². The summed E-state index contributed by atoms with van der Waals surface area (Å²) in [6.07, 6.45) is 3.76. The number of furan rings is 1. The lowest BCUT2D eigenvalue weighted by molar-refractivity contribution is 0.669. The van der Waals surface area contributed by atoms with Crippen molar-refractivity contribution < 1.29 is 4.42 Å². The van der Waals surface area contributed by atoms with E-state index in [0.717, 1.165) is 77.3 Å². The molecular weight excluding hydrogens is 665 g/mol. The number of hydrogen-bond acceptors (Lipinski definition) is 7. The number of nitrogens with one attached hydrogen (secondary N) is 2. The van der Waals surface area contributed by atoms with Gasteiger partial charge in [-0.25, -0.2) is 15.0 Å². The molecule has 2 heterocycles. The largest absolute Gasteiger partial charge is 0.455 e. The number of allylic oxidation sites excluding steroid dienone is 1. The molecule has 0 radical (unpaired) electrons. The van der Waals surface area contributed by atoms with Crippen molar-refractivity contribution in [2.24, 2.45) is 5.10 Å². The van der Waals surface area contributed by atoms with Gasteiger partial charge in [-0.05, 0) is 69.9 Å². The minimum Gasteiger partial charge on any atom is -0.455 e. The minimum atomic E-state index is 0.325. The fourth-order valence-electron chi connectivity index (χ4n) is 7.16. The Balaban J connectivity index is 1.17. The molecular formula is C47H30N6O. The van der Waals surface area contributed by atoms with Crippen molar-refractivity contribution in [2.75, 3.05) is 5.43 Å². The molecule has 2 aromatic heterocycles. The third-order valence-corrected chi connectivity index (χ3v) is 9.81. The van der Waals surface area contributed by atoms with Gasteiger partial charge in [0, 0.05) is 27.5 Å². The van der Waals surface area contributed by atoms with Gasteiger partial charge in [0.25, 0.3) is 0 Å². The number of benzene rings is 7. The van der Waals surface area contributed by atoms with Crippen LogP contribution in [0.5, 0.6) is 0 Å². The zero-order valence-corrected chi connectivity index (χ0v) is 28.9. The second-order valence-corrected chi connectivity index (χ2v) is 13.2. The van der Waals surface area contributed by atoms with Crippen molar-refractivity contribution in [3.05, 3.63) is 175 Å². The SMILES string of the molecule is N=C1C=Cc2ccc3ccc(-c4nc(-c5cccc(-c6ccccc6)c5)nc(-c5cccc6c5oc5ccccc56)n4)cc3c2/C1=N/Nc1ccccc1. The molecule has 0 spiro atoms.